The maximum absolute atomic E-state index is 14.0. The molecule has 0 unspecified atom stereocenters. The Hall–Kier alpha value is -5.00. The van der Waals surface area contributed by atoms with Crippen LogP contribution in [-0.2, 0) is 33.3 Å². The van der Waals surface area contributed by atoms with E-state index in [1.54, 1.807) is 67.8 Å². The highest BCUT2D eigenvalue weighted by Crippen LogP contribution is 2.68. The lowest BCUT2D eigenvalue weighted by atomic mass is 9.42. The van der Waals surface area contributed by atoms with E-state index in [4.69, 9.17) is 28.1 Å². The maximum Gasteiger partial charge on any atom is 0.347 e. The van der Waals surface area contributed by atoms with Crippen LogP contribution in [-0.4, -0.2) is 53.3 Å². The van der Waals surface area contributed by atoms with E-state index in [1.807, 2.05) is 13.8 Å². The molecular weight excluding hydrogens is 646 g/mol. The number of aromatic nitrogens is 1. The smallest absolute Gasteiger partial charge is 0.347 e. The van der Waals surface area contributed by atoms with Crippen LogP contribution < -0.4 is 10.4 Å². The number of carbonyl (C=O) groups excluding carboxylic acids is 4. The van der Waals surface area contributed by atoms with E-state index in [1.165, 1.54) is 20.8 Å². The average molecular weight is 688 g/mol. The van der Waals surface area contributed by atoms with E-state index in [0.717, 1.165) is 0 Å². The standard InChI is InChI=1S/C38H41NO11/c1-21(40)45-20-37(5)28-18-30(49-34(43)24-11-8-7-9-12-24)38(6)33(36(28,4)15-14-29(37)46-22(2)41)32(47-23(3)42)31-27(50-38)17-26(48-35(31)44)25-13-10-16-39-19-25/h7-13,16-17,19,28-30,32-33H,14-15,18,20H2,1-6H3/t28-,29+,30+,32+,33-,36+,37+,38-/m1/s1. The fraction of sp³-hybridized carbons (Fsp3) is 0.474. The molecule has 0 radical (unpaired) electrons. The molecule has 3 aliphatic rings. The van der Waals surface area contributed by atoms with Gasteiger partial charge in [-0.3, -0.25) is 19.4 Å². The predicted molar refractivity (Wildman–Crippen MR) is 177 cm³/mol. The lowest BCUT2D eigenvalue weighted by Crippen LogP contribution is -2.71. The van der Waals surface area contributed by atoms with Gasteiger partial charge in [-0.2, -0.15) is 0 Å². The molecule has 1 aliphatic heterocycles. The number of rotatable bonds is 7. The maximum atomic E-state index is 14.0. The second kappa shape index (κ2) is 13.0. The molecule has 0 N–H and O–H groups in total. The molecule has 12 nitrogen and oxygen atoms in total. The summed E-state index contributed by atoms with van der Waals surface area (Å²) in [6.07, 6.45) is 1.33. The lowest BCUT2D eigenvalue weighted by Gasteiger charge is -2.66. The van der Waals surface area contributed by atoms with Crippen molar-refractivity contribution in [3.8, 4) is 17.1 Å². The Morgan fingerprint density at radius 2 is 1.62 bits per heavy atom. The number of nitrogens with zero attached hydrogens (tertiary/aromatic N) is 1. The Bertz CT molecular complexity index is 1860. The summed E-state index contributed by atoms with van der Waals surface area (Å²) in [5.74, 6) is -3.18. The summed E-state index contributed by atoms with van der Waals surface area (Å²) >= 11 is 0. The van der Waals surface area contributed by atoms with Gasteiger partial charge in [0.15, 0.2) is 5.60 Å². The quantitative estimate of drug-likeness (QED) is 0.223. The van der Waals surface area contributed by atoms with Crippen molar-refractivity contribution in [1.82, 2.24) is 4.98 Å². The second-order valence-corrected chi connectivity index (χ2v) is 14.2. The molecule has 2 aliphatic carbocycles. The normalized spacial score (nSPS) is 31.0. The van der Waals surface area contributed by atoms with Crippen LogP contribution in [0.1, 0.15) is 82.8 Å². The first-order valence-corrected chi connectivity index (χ1v) is 16.7. The molecule has 0 bridgehead atoms. The molecule has 12 heteroatoms. The Kier molecular flexibility index (Phi) is 9.09. The molecule has 6 rings (SSSR count). The van der Waals surface area contributed by atoms with Gasteiger partial charge in [-0.05, 0) is 61.8 Å². The van der Waals surface area contributed by atoms with Crippen LogP contribution >= 0.6 is 0 Å². The summed E-state index contributed by atoms with van der Waals surface area (Å²) in [5.41, 5.74) is -3.05. The van der Waals surface area contributed by atoms with E-state index in [-0.39, 0.29) is 30.1 Å². The van der Waals surface area contributed by atoms with Crippen molar-refractivity contribution in [2.45, 2.75) is 84.7 Å². The van der Waals surface area contributed by atoms with Crippen molar-refractivity contribution in [3.05, 3.63) is 82.5 Å². The minimum atomic E-state index is -1.36. The summed E-state index contributed by atoms with van der Waals surface area (Å²) in [5, 5.41) is 0. The number of hydrogen-bond donors (Lipinski definition) is 0. The van der Waals surface area contributed by atoms with Crippen LogP contribution in [0.3, 0.4) is 0 Å². The number of fused-ring (bicyclic) bond motifs is 4. The Labute approximate surface area is 289 Å². The topological polar surface area (TPSA) is 158 Å². The van der Waals surface area contributed by atoms with Gasteiger partial charge >= 0.3 is 29.5 Å². The number of hydrogen-bond acceptors (Lipinski definition) is 12. The minimum Gasteiger partial charge on any atom is -0.482 e. The van der Waals surface area contributed by atoms with Crippen LogP contribution in [0, 0.1) is 22.7 Å². The van der Waals surface area contributed by atoms with Gasteiger partial charge in [0.05, 0.1) is 5.56 Å². The molecule has 3 heterocycles. The van der Waals surface area contributed by atoms with Gasteiger partial charge in [0.25, 0.3) is 0 Å². The van der Waals surface area contributed by atoms with Gasteiger partial charge in [0, 0.05) is 56.1 Å². The highest BCUT2D eigenvalue weighted by molar-refractivity contribution is 5.89. The number of benzene rings is 1. The Balaban J connectivity index is 1.56. The first-order valence-electron chi connectivity index (χ1n) is 16.7. The zero-order valence-electron chi connectivity index (χ0n) is 28.9. The van der Waals surface area contributed by atoms with E-state index in [2.05, 4.69) is 4.98 Å². The van der Waals surface area contributed by atoms with Gasteiger partial charge in [0.1, 0.15) is 42.0 Å². The van der Waals surface area contributed by atoms with Crippen molar-refractivity contribution in [3.63, 3.8) is 0 Å². The second-order valence-electron chi connectivity index (χ2n) is 14.2. The molecule has 50 heavy (non-hydrogen) atoms. The third-order valence-electron chi connectivity index (χ3n) is 10.9. The van der Waals surface area contributed by atoms with Crippen LogP contribution in [0.4, 0.5) is 0 Å². The highest BCUT2D eigenvalue weighted by Gasteiger charge is 2.71. The average Bonchev–Trinajstić information content (AvgIpc) is 3.06. The van der Waals surface area contributed by atoms with Gasteiger partial charge in [-0.1, -0.05) is 32.0 Å². The predicted octanol–water partition coefficient (Wildman–Crippen LogP) is 5.62. The highest BCUT2D eigenvalue weighted by atomic mass is 16.6. The third kappa shape index (κ3) is 6.05. The lowest BCUT2D eigenvalue weighted by molar-refractivity contribution is -0.269. The van der Waals surface area contributed by atoms with Crippen molar-refractivity contribution in [1.29, 1.82) is 0 Å². The summed E-state index contributed by atoms with van der Waals surface area (Å²) in [4.78, 5) is 69.3. The van der Waals surface area contributed by atoms with Crippen LogP contribution in [0.15, 0.2) is 70.1 Å². The molecule has 3 aromatic rings. The molecule has 0 saturated heterocycles. The molecule has 2 fully saturated rings. The zero-order valence-corrected chi connectivity index (χ0v) is 28.9. The first-order chi connectivity index (χ1) is 23.7. The first kappa shape index (κ1) is 34.8. The summed E-state index contributed by atoms with van der Waals surface area (Å²) in [7, 11) is 0. The van der Waals surface area contributed by atoms with Crippen LogP contribution in [0.5, 0.6) is 5.75 Å². The van der Waals surface area contributed by atoms with Crippen molar-refractivity contribution < 1.29 is 47.3 Å². The van der Waals surface area contributed by atoms with Crippen LogP contribution in [0.25, 0.3) is 11.3 Å². The molecule has 8 atom stereocenters. The van der Waals surface area contributed by atoms with E-state index in [0.29, 0.717) is 24.0 Å². The number of ether oxygens (including phenoxy) is 5. The molecule has 0 amide bonds. The number of carbonyl (C=O) groups is 4. The minimum absolute atomic E-state index is 0.0223. The van der Waals surface area contributed by atoms with Crippen molar-refractivity contribution in [2.24, 2.45) is 22.7 Å². The number of esters is 4. The summed E-state index contributed by atoms with van der Waals surface area (Å²) < 4.78 is 36.6. The number of pyridine rings is 1. The molecule has 2 saturated carbocycles. The molecule has 1 aromatic carbocycles. The SMILES string of the molecule is CC(=O)OC[C@@]1(C)[C@@H]2C[C@H](OC(=O)c3ccccc3)[C@@]3(C)Oc4cc(-c5cccnc5)oc(=O)c4[C@H](OC(C)=O)[C@@H]3[C@@]2(C)CC[C@@H]1OC(C)=O. The van der Waals surface area contributed by atoms with Gasteiger partial charge in [0.2, 0.25) is 0 Å². The van der Waals surface area contributed by atoms with Crippen molar-refractivity contribution in [2.75, 3.05) is 6.61 Å². The van der Waals surface area contributed by atoms with Gasteiger partial charge < -0.3 is 28.1 Å². The van der Waals surface area contributed by atoms with Gasteiger partial charge in [-0.25, -0.2) is 9.59 Å². The van der Waals surface area contributed by atoms with E-state index in [9.17, 15) is 24.0 Å². The molecule has 2 aromatic heterocycles. The Morgan fingerprint density at radius 1 is 0.900 bits per heavy atom. The van der Waals surface area contributed by atoms with E-state index >= 15 is 0 Å². The molecule has 264 valence electrons. The summed E-state index contributed by atoms with van der Waals surface area (Å²) in [6, 6.07) is 13.5. The molecule has 0 spiro atoms. The fourth-order valence-electron chi connectivity index (χ4n) is 8.88. The zero-order chi connectivity index (χ0) is 36.0. The van der Waals surface area contributed by atoms with E-state index < -0.39 is 76.1 Å². The van der Waals surface area contributed by atoms with Gasteiger partial charge in [-0.15, -0.1) is 0 Å². The fourth-order valence-corrected chi connectivity index (χ4v) is 8.88. The summed E-state index contributed by atoms with van der Waals surface area (Å²) in [6.45, 7) is 9.49. The largest absolute Gasteiger partial charge is 0.482 e. The molecular formula is C38H41NO11. The Morgan fingerprint density at radius 3 is 2.26 bits per heavy atom. The monoisotopic (exact) mass is 687 g/mol. The van der Waals surface area contributed by atoms with Crippen LogP contribution in [0.2, 0.25) is 0 Å². The van der Waals surface area contributed by atoms with Crippen molar-refractivity contribution >= 4 is 23.9 Å². The third-order valence-corrected chi connectivity index (χ3v) is 10.9.